The van der Waals surface area contributed by atoms with E-state index >= 15 is 0 Å². The van der Waals surface area contributed by atoms with Gasteiger partial charge in [-0.1, -0.05) is 23.2 Å². The first-order valence-corrected chi connectivity index (χ1v) is 10.5. The van der Waals surface area contributed by atoms with Gasteiger partial charge in [-0.2, -0.15) is 0 Å². The Morgan fingerprint density at radius 3 is 2.23 bits per heavy atom. The molecular weight excluding hydrogens is 457 g/mol. The Balaban J connectivity index is 1.96. The topological polar surface area (TPSA) is 122 Å². The molecule has 0 aliphatic rings. The van der Waals surface area contributed by atoms with Crippen LogP contribution < -0.4 is 10.9 Å². The minimum absolute atomic E-state index is 0.0471. The van der Waals surface area contributed by atoms with Gasteiger partial charge < -0.3 is 4.74 Å². The first-order chi connectivity index (χ1) is 14.0. The molecule has 12 heteroatoms. The highest BCUT2D eigenvalue weighted by Gasteiger charge is 2.22. The second-order valence-electron chi connectivity index (χ2n) is 6.01. The van der Waals surface area contributed by atoms with E-state index in [4.69, 9.17) is 27.9 Å². The molecule has 0 saturated carbocycles. The Kier molecular flexibility index (Phi) is 7.79. The summed E-state index contributed by atoms with van der Waals surface area (Å²) < 4.78 is 30.2. The van der Waals surface area contributed by atoms with Gasteiger partial charge in [0.1, 0.15) is 0 Å². The smallest absolute Gasteiger partial charge is 0.340 e. The molecule has 0 heterocycles. The Morgan fingerprint density at radius 2 is 1.63 bits per heavy atom. The number of amides is 2. The van der Waals surface area contributed by atoms with Gasteiger partial charge in [0.25, 0.3) is 11.8 Å². The number of ether oxygens (including phenoxy) is 1. The van der Waals surface area contributed by atoms with Crippen LogP contribution in [0.5, 0.6) is 0 Å². The predicted molar refractivity (Wildman–Crippen MR) is 110 cm³/mol. The molecule has 0 radical (unpaired) electrons. The maximum atomic E-state index is 12.2. The fourth-order valence-electron chi connectivity index (χ4n) is 2.08. The monoisotopic (exact) mass is 473 g/mol. The summed E-state index contributed by atoms with van der Waals surface area (Å²) in [4.78, 5) is 35.8. The largest absolute Gasteiger partial charge is 0.452 e. The summed E-state index contributed by atoms with van der Waals surface area (Å²) in [7, 11) is -1.12. The summed E-state index contributed by atoms with van der Waals surface area (Å²) in [5, 5.41) is 0.401. The van der Waals surface area contributed by atoms with Crippen molar-refractivity contribution in [1.82, 2.24) is 15.2 Å². The molecule has 2 N–H and O–H groups in total. The quantitative estimate of drug-likeness (QED) is 0.487. The van der Waals surface area contributed by atoms with E-state index in [1.165, 1.54) is 50.5 Å². The van der Waals surface area contributed by atoms with Crippen LogP contribution in [0.25, 0.3) is 0 Å². The number of rotatable bonds is 6. The number of nitrogens with one attached hydrogen (secondary N) is 2. The van der Waals surface area contributed by atoms with E-state index in [2.05, 4.69) is 10.9 Å². The van der Waals surface area contributed by atoms with Gasteiger partial charge in [-0.15, -0.1) is 0 Å². The molecule has 0 aliphatic carbocycles. The Morgan fingerprint density at radius 1 is 1.00 bits per heavy atom. The van der Waals surface area contributed by atoms with Gasteiger partial charge >= 0.3 is 5.97 Å². The lowest BCUT2D eigenvalue weighted by atomic mass is 10.2. The SMILES string of the molecule is CN(C)S(=O)(=O)c1ccc(Cl)c(C(=O)OCC(=O)NNC(=O)c2ccc(Cl)cc2)c1. The van der Waals surface area contributed by atoms with E-state index < -0.39 is 34.4 Å². The zero-order valence-electron chi connectivity index (χ0n) is 15.8. The molecule has 9 nitrogen and oxygen atoms in total. The first kappa shape index (κ1) is 23.6. The molecule has 0 aromatic heterocycles. The van der Waals surface area contributed by atoms with Crippen LogP contribution in [0.1, 0.15) is 20.7 Å². The van der Waals surface area contributed by atoms with E-state index in [9.17, 15) is 22.8 Å². The van der Waals surface area contributed by atoms with E-state index in [0.717, 1.165) is 10.4 Å². The molecule has 0 aliphatic heterocycles. The fraction of sp³-hybridized carbons (Fsp3) is 0.167. The molecule has 2 aromatic rings. The highest BCUT2D eigenvalue weighted by atomic mass is 35.5. The van der Waals surface area contributed by atoms with Crippen LogP contribution in [0.3, 0.4) is 0 Å². The molecule has 0 atom stereocenters. The number of benzene rings is 2. The van der Waals surface area contributed by atoms with Crippen molar-refractivity contribution in [2.75, 3.05) is 20.7 Å². The van der Waals surface area contributed by atoms with Crippen molar-refractivity contribution in [2.45, 2.75) is 4.90 Å². The second kappa shape index (κ2) is 9.90. The molecule has 2 aromatic carbocycles. The highest BCUT2D eigenvalue weighted by Crippen LogP contribution is 2.22. The number of sulfonamides is 1. The van der Waals surface area contributed by atoms with Crippen LogP contribution in [-0.2, 0) is 19.6 Å². The van der Waals surface area contributed by atoms with Crippen molar-refractivity contribution < 1.29 is 27.5 Å². The van der Waals surface area contributed by atoms with Crippen LogP contribution in [0.4, 0.5) is 0 Å². The summed E-state index contributed by atoms with van der Waals surface area (Å²) in [6, 6.07) is 9.47. The standard InChI is InChI=1S/C18H17Cl2N3O6S/c1-23(2)30(27,28)13-7-8-15(20)14(9-13)18(26)29-10-16(24)21-22-17(25)11-3-5-12(19)6-4-11/h3-9H,10H2,1-2H3,(H,21,24)(H,22,25). The molecule has 2 rings (SSSR count). The number of hydrogen-bond acceptors (Lipinski definition) is 6. The van der Waals surface area contributed by atoms with E-state index in [-0.39, 0.29) is 21.0 Å². The molecule has 0 saturated heterocycles. The Bertz CT molecular complexity index is 1070. The van der Waals surface area contributed by atoms with Crippen molar-refractivity contribution >= 4 is 51.0 Å². The van der Waals surface area contributed by atoms with E-state index in [1.54, 1.807) is 0 Å². The molecular formula is C18H17Cl2N3O6S. The number of carbonyl (C=O) groups excluding carboxylic acids is 3. The van der Waals surface area contributed by atoms with Gasteiger partial charge in [0.15, 0.2) is 6.61 Å². The van der Waals surface area contributed by atoms with Crippen LogP contribution in [-0.4, -0.2) is 51.2 Å². The van der Waals surface area contributed by atoms with Crippen molar-refractivity contribution in [2.24, 2.45) is 0 Å². The maximum Gasteiger partial charge on any atom is 0.340 e. The van der Waals surface area contributed by atoms with Gasteiger partial charge in [-0.05, 0) is 42.5 Å². The van der Waals surface area contributed by atoms with Crippen molar-refractivity contribution in [3.63, 3.8) is 0 Å². The van der Waals surface area contributed by atoms with Crippen molar-refractivity contribution in [3.8, 4) is 0 Å². The molecule has 0 bridgehead atoms. The van der Waals surface area contributed by atoms with E-state index in [0.29, 0.717) is 5.02 Å². The number of halogens is 2. The third kappa shape index (κ3) is 5.92. The van der Waals surface area contributed by atoms with Gasteiger partial charge in [0.2, 0.25) is 10.0 Å². The van der Waals surface area contributed by atoms with Crippen molar-refractivity contribution in [3.05, 3.63) is 63.6 Å². The molecule has 160 valence electrons. The van der Waals surface area contributed by atoms with Crippen LogP contribution in [0.2, 0.25) is 10.0 Å². The third-order valence-electron chi connectivity index (χ3n) is 3.69. The minimum atomic E-state index is -3.80. The van der Waals surface area contributed by atoms with Crippen LogP contribution in [0.15, 0.2) is 47.4 Å². The molecule has 2 amide bonds. The number of hydrogen-bond donors (Lipinski definition) is 2. The Labute approximate surface area is 182 Å². The van der Waals surface area contributed by atoms with E-state index in [1.807, 2.05) is 0 Å². The number of carbonyl (C=O) groups is 3. The molecule has 0 fully saturated rings. The van der Waals surface area contributed by atoms with Gasteiger partial charge in [0.05, 0.1) is 15.5 Å². The third-order valence-corrected chi connectivity index (χ3v) is 6.09. The fourth-order valence-corrected chi connectivity index (χ4v) is 3.33. The highest BCUT2D eigenvalue weighted by molar-refractivity contribution is 7.89. The minimum Gasteiger partial charge on any atom is -0.452 e. The van der Waals surface area contributed by atoms with Crippen LogP contribution >= 0.6 is 23.2 Å². The van der Waals surface area contributed by atoms with Gasteiger partial charge in [0, 0.05) is 24.7 Å². The maximum absolute atomic E-state index is 12.2. The Hall–Kier alpha value is -2.66. The molecule has 30 heavy (non-hydrogen) atoms. The summed E-state index contributed by atoms with van der Waals surface area (Å²) in [5.74, 6) is -2.43. The first-order valence-electron chi connectivity index (χ1n) is 8.26. The molecule has 0 spiro atoms. The zero-order valence-corrected chi connectivity index (χ0v) is 18.1. The zero-order chi connectivity index (χ0) is 22.5. The lowest BCUT2D eigenvalue weighted by molar-refractivity contribution is -0.125. The normalized spacial score (nSPS) is 11.1. The lowest BCUT2D eigenvalue weighted by Gasteiger charge is -2.13. The summed E-state index contributed by atoms with van der Waals surface area (Å²) >= 11 is 11.7. The number of nitrogens with zero attached hydrogens (tertiary/aromatic N) is 1. The number of esters is 1. The predicted octanol–water partition coefficient (Wildman–Crippen LogP) is 1.86. The lowest BCUT2D eigenvalue weighted by Crippen LogP contribution is -2.43. The van der Waals surface area contributed by atoms with Gasteiger partial charge in [-0.3, -0.25) is 20.4 Å². The van der Waals surface area contributed by atoms with Gasteiger partial charge in [-0.25, -0.2) is 17.5 Å². The van der Waals surface area contributed by atoms with Crippen LogP contribution in [0, 0.1) is 0 Å². The summed E-state index contributed by atoms with van der Waals surface area (Å²) in [6.45, 7) is -0.735. The van der Waals surface area contributed by atoms with Crippen molar-refractivity contribution in [1.29, 1.82) is 0 Å². The summed E-state index contributed by atoms with van der Waals surface area (Å²) in [6.07, 6.45) is 0. The second-order valence-corrected chi connectivity index (χ2v) is 9.01. The summed E-state index contributed by atoms with van der Waals surface area (Å²) in [5.41, 5.74) is 4.26. The molecule has 0 unspecified atom stereocenters. The average Bonchev–Trinajstić information content (AvgIpc) is 2.70. The average molecular weight is 474 g/mol. The number of hydrazine groups is 1.